The maximum absolute atomic E-state index is 9.43. The van der Waals surface area contributed by atoms with E-state index >= 15 is 0 Å². The van der Waals surface area contributed by atoms with E-state index in [1.807, 2.05) is 12.3 Å². The molecule has 1 heterocycles. The topological polar surface area (TPSA) is 27.0 Å². The minimum absolute atomic E-state index is 0.578. The van der Waals surface area contributed by atoms with Crippen LogP contribution in [0.2, 0.25) is 0 Å². The van der Waals surface area contributed by atoms with E-state index in [1.165, 1.54) is 12.8 Å². The molecular weight excluding hydrogens is 240 g/mol. The molecule has 0 radical (unpaired) electrons. The van der Waals surface area contributed by atoms with Crippen molar-refractivity contribution in [2.45, 2.75) is 37.6 Å². The number of nitriles is 1. The van der Waals surface area contributed by atoms with Crippen molar-refractivity contribution in [3.63, 3.8) is 0 Å². The van der Waals surface area contributed by atoms with Gasteiger partial charge in [-0.3, -0.25) is 0 Å². The van der Waals surface area contributed by atoms with Gasteiger partial charge >= 0.3 is 0 Å². The summed E-state index contributed by atoms with van der Waals surface area (Å²) in [6, 6.07) is 9.17. The molecule has 0 N–H and O–H groups in total. The van der Waals surface area contributed by atoms with Gasteiger partial charge in [0.1, 0.15) is 6.07 Å². The zero-order valence-electron chi connectivity index (χ0n) is 11.3. The van der Waals surface area contributed by atoms with E-state index in [1.54, 1.807) is 11.8 Å². The molecule has 18 heavy (non-hydrogen) atoms. The molecule has 96 valence electrons. The van der Waals surface area contributed by atoms with Crippen LogP contribution < -0.4 is 4.90 Å². The molecule has 1 aliphatic rings. The van der Waals surface area contributed by atoms with Crippen molar-refractivity contribution < 1.29 is 0 Å². The summed E-state index contributed by atoms with van der Waals surface area (Å²) in [6.07, 6.45) is 4.51. The Morgan fingerprint density at radius 3 is 2.83 bits per heavy atom. The SMILES string of the molecule is CSc1cccc(N2CCCC2C(C)C)c1C#N. The minimum atomic E-state index is 0.578. The molecule has 1 aromatic rings. The Bertz CT molecular complexity index is 462. The average molecular weight is 260 g/mol. The van der Waals surface area contributed by atoms with E-state index in [9.17, 15) is 5.26 Å². The summed E-state index contributed by atoms with van der Waals surface area (Å²) in [4.78, 5) is 3.52. The van der Waals surface area contributed by atoms with E-state index in [-0.39, 0.29) is 0 Å². The zero-order valence-corrected chi connectivity index (χ0v) is 12.1. The second-order valence-electron chi connectivity index (χ2n) is 5.11. The first-order chi connectivity index (χ1) is 8.69. The maximum Gasteiger partial charge on any atom is 0.103 e. The summed E-state index contributed by atoms with van der Waals surface area (Å²) >= 11 is 1.65. The molecular formula is C15H20N2S. The molecule has 0 saturated carbocycles. The molecule has 0 amide bonds. The normalized spacial score (nSPS) is 19.3. The molecule has 2 nitrogen and oxygen atoms in total. The van der Waals surface area contributed by atoms with Crippen LogP contribution in [0, 0.1) is 17.2 Å². The standard InChI is InChI=1S/C15H20N2S/c1-11(2)13-7-5-9-17(13)14-6-4-8-15(18-3)12(14)10-16/h4,6,8,11,13H,5,7,9H2,1-3H3. The van der Waals surface area contributed by atoms with Gasteiger partial charge < -0.3 is 4.90 Å². The van der Waals surface area contributed by atoms with Gasteiger partial charge in [0.25, 0.3) is 0 Å². The van der Waals surface area contributed by atoms with Crippen LogP contribution in [0.15, 0.2) is 23.1 Å². The van der Waals surface area contributed by atoms with Crippen LogP contribution in [0.3, 0.4) is 0 Å². The Balaban J connectivity index is 2.42. The highest BCUT2D eigenvalue weighted by Crippen LogP contribution is 2.35. The predicted octanol–water partition coefficient (Wildman–Crippen LogP) is 3.90. The number of thioether (sulfide) groups is 1. The smallest absolute Gasteiger partial charge is 0.103 e. The fraction of sp³-hybridized carbons (Fsp3) is 0.533. The van der Waals surface area contributed by atoms with Crippen LogP contribution in [0.25, 0.3) is 0 Å². The average Bonchev–Trinajstić information content (AvgIpc) is 2.86. The van der Waals surface area contributed by atoms with Gasteiger partial charge in [0, 0.05) is 17.5 Å². The highest BCUT2D eigenvalue weighted by Gasteiger charge is 2.29. The maximum atomic E-state index is 9.43. The third kappa shape index (κ3) is 2.35. The van der Waals surface area contributed by atoms with Crippen LogP contribution >= 0.6 is 11.8 Å². The molecule has 0 aromatic heterocycles. The van der Waals surface area contributed by atoms with Crippen LogP contribution in [0.5, 0.6) is 0 Å². The quantitative estimate of drug-likeness (QED) is 0.771. The van der Waals surface area contributed by atoms with E-state index in [0.717, 1.165) is 22.7 Å². The Morgan fingerprint density at radius 1 is 1.44 bits per heavy atom. The molecule has 3 heteroatoms. The van der Waals surface area contributed by atoms with Gasteiger partial charge in [-0.15, -0.1) is 11.8 Å². The van der Waals surface area contributed by atoms with Crippen molar-refractivity contribution in [2.75, 3.05) is 17.7 Å². The predicted molar refractivity (Wildman–Crippen MR) is 78.1 cm³/mol. The molecule has 0 spiro atoms. The summed E-state index contributed by atoms with van der Waals surface area (Å²) in [6.45, 7) is 5.62. The third-order valence-corrected chi connectivity index (χ3v) is 4.49. The Hall–Kier alpha value is -1.14. The van der Waals surface area contributed by atoms with Crippen LogP contribution in [0.4, 0.5) is 5.69 Å². The minimum Gasteiger partial charge on any atom is -0.367 e. The third-order valence-electron chi connectivity index (χ3n) is 3.71. The summed E-state index contributed by atoms with van der Waals surface area (Å²) in [7, 11) is 0. The van der Waals surface area contributed by atoms with Crippen LogP contribution in [-0.2, 0) is 0 Å². The first-order valence-corrected chi connectivity index (χ1v) is 7.75. The van der Waals surface area contributed by atoms with Gasteiger partial charge in [-0.05, 0) is 37.1 Å². The molecule has 0 bridgehead atoms. The molecule has 1 aliphatic heterocycles. The largest absolute Gasteiger partial charge is 0.367 e. The zero-order chi connectivity index (χ0) is 13.1. The van der Waals surface area contributed by atoms with Crippen molar-refractivity contribution in [2.24, 2.45) is 5.92 Å². The van der Waals surface area contributed by atoms with Crippen LogP contribution in [-0.4, -0.2) is 18.8 Å². The monoisotopic (exact) mass is 260 g/mol. The summed E-state index contributed by atoms with van der Waals surface area (Å²) in [5, 5.41) is 9.43. The Morgan fingerprint density at radius 2 is 2.22 bits per heavy atom. The lowest BCUT2D eigenvalue weighted by Crippen LogP contribution is -2.33. The van der Waals surface area contributed by atoms with Gasteiger partial charge in [0.05, 0.1) is 11.3 Å². The fourth-order valence-corrected chi connectivity index (χ4v) is 3.40. The fourth-order valence-electron chi connectivity index (χ4n) is 2.83. The number of nitrogens with zero attached hydrogens (tertiary/aromatic N) is 2. The summed E-state index contributed by atoms with van der Waals surface area (Å²) in [5.74, 6) is 0.636. The lowest BCUT2D eigenvalue weighted by atomic mass is 10.0. The highest BCUT2D eigenvalue weighted by molar-refractivity contribution is 7.98. The molecule has 1 fully saturated rings. The van der Waals surface area contributed by atoms with Gasteiger partial charge in [-0.25, -0.2) is 0 Å². The second kappa shape index (κ2) is 5.67. The molecule has 1 saturated heterocycles. The van der Waals surface area contributed by atoms with Gasteiger partial charge in [0.15, 0.2) is 0 Å². The van der Waals surface area contributed by atoms with Crippen molar-refractivity contribution >= 4 is 17.4 Å². The number of anilines is 1. The van der Waals surface area contributed by atoms with E-state index in [2.05, 4.69) is 36.9 Å². The first kappa shape index (κ1) is 13.3. The summed E-state index contributed by atoms with van der Waals surface area (Å²) < 4.78 is 0. The van der Waals surface area contributed by atoms with Gasteiger partial charge in [0.2, 0.25) is 0 Å². The molecule has 1 unspecified atom stereocenters. The number of hydrogen-bond donors (Lipinski definition) is 0. The summed E-state index contributed by atoms with van der Waals surface area (Å²) in [5.41, 5.74) is 1.97. The van der Waals surface area contributed by atoms with Crippen molar-refractivity contribution in [1.82, 2.24) is 0 Å². The number of rotatable bonds is 3. The Kier molecular flexibility index (Phi) is 4.19. The first-order valence-electron chi connectivity index (χ1n) is 6.52. The van der Waals surface area contributed by atoms with Crippen molar-refractivity contribution in [3.05, 3.63) is 23.8 Å². The van der Waals surface area contributed by atoms with Crippen molar-refractivity contribution in [3.8, 4) is 6.07 Å². The molecule has 0 aliphatic carbocycles. The highest BCUT2D eigenvalue weighted by atomic mass is 32.2. The molecule has 2 rings (SSSR count). The van der Waals surface area contributed by atoms with Gasteiger partial charge in [-0.1, -0.05) is 19.9 Å². The van der Waals surface area contributed by atoms with Crippen molar-refractivity contribution in [1.29, 1.82) is 5.26 Å². The van der Waals surface area contributed by atoms with E-state index in [4.69, 9.17) is 0 Å². The second-order valence-corrected chi connectivity index (χ2v) is 5.96. The lowest BCUT2D eigenvalue weighted by molar-refractivity contribution is 0.491. The molecule has 1 aromatic carbocycles. The number of hydrogen-bond acceptors (Lipinski definition) is 3. The lowest BCUT2D eigenvalue weighted by Gasteiger charge is -2.30. The van der Waals surface area contributed by atoms with Crippen LogP contribution in [0.1, 0.15) is 32.3 Å². The van der Waals surface area contributed by atoms with Gasteiger partial charge in [-0.2, -0.15) is 5.26 Å². The van der Waals surface area contributed by atoms with E-state index < -0.39 is 0 Å². The van der Waals surface area contributed by atoms with E-state index in [0.29, 0.717) is 12.0 Å². The number of benzene rings is 1. The molecule has 1 atom stereocenters. The Labute approximate surface area is 114 Å².